The number of halogens is 1. The molecular formula is C15H20ClN5O. The number of aromatic nitrogens is 3. The first-order valence-electron chi connectivity index (χ1n) is 7.31. The summed E-state index contributed by atoms with van der Waals surface area (Å²) in [5, 5.41) is 4.89. The summed E-state index contributed by atoms with van der Waals surface area (Å²) in [6.07, 6.45) is 4.41. The maximum atomic E-state index is 6.14. The van der Waals surface area contributed by atoms with E-state index in [9.17, 15) is 0 Å². The van der Waals surface area contributed by atoms with E-state index in [2.05, 4.69) is 15.0 Å². The molecule has 1 aromatic carbocycles. The van der Waals surface area contributed by atoms with Gasteiger partial charge in [-0.1, -0.05) is 17.7 Å². The monoisotopic (exact) mass is 321 g/mol. The average molecular weight is 322 g/mol. The van der Waals surface area contributed by atoms with E-state index in [0.29, 0.717) is 17.6 Å². The summed E-state index contributed by atoms with van der Waals surface area (Å²) in [7, 11) is 1.75. The van der Waals surface area contributed by atoms with Crippen LogP contribution in [0.1, 0.15) is 12.0 Å². The first-order valence-corrected chi connectivity index (χ1v) is 7.69. The molecule has 2 N–H and O–H groups in total. The Bertz CT molecular complexity index is 618. The SMILES string of the molecule is CO[C@@H]1C[C@@H](CN)N(Cc2ccc(Cl)cc2-n2cncn2)C1. The molecule has 2 aromatic rings. The molecule has 1 fully saturated rings. The van der Waals surface area contributed by atoms with Crippen molar-refractivity contribution in [3.63, 3.8) is 0 Å². The highest BCUT2D eigenvalue weighted by atomic mass is 35.5. The predicted octanol–water partition coefficient (Wildman–Crippen LogP) is 1.47. The van der Waals surface area contributed by atoms with Gasteiger partial charge in [-0.2, -0.15) is 5.10 Å². The van der Waals surface area contributed by atoms with Crippen molar-refractivity contribution < 1.29 is 4.74 Å². The Kier molecular flexibility index (Phi) is 4.73. The van der Waals surface area contributed by atoms with Gasteiger partial charge < -0.3 is 10.5 Å². The summed E-state index contributed by atoms with van der Waals surface area (Å²) in [6, 6.07) is 6.18. The van der Waals surface area contributed by atoms with Crippen molar-refractivity contribution in [1.82, 2.24) is 19.7 Å². The molecule has 0 amide bonds. The molecule has 1 aliphatic rings. The van der Waals surface area contributed by atoms with Gasteiger partial charge in [-0.3, -0.25) is 4.90 Å². The summed E-state index contributed by atoms with van der Waals surface area (Å²) in [6.45, 7) is 2.30. The lowest BCUT2D eigenvalue weighted by atomic mass is 10.1. The molecule has 0 unspecified atom stereocenters. The van der Waals surface area contributed by atoms with Gasteiger partial charge in [0.2, 0.25) is 0 Å². The maximum Gasteiger partial charge on any atom is 0.138 e. The second-order valence-electron chi connectivity index (χ2n) is 5.53. The summed E-state index contributed by atoms with van der Waals surface area (Å²) >= 11 is 6.14. The normalized spacial score (nSPS) is 22.3. The molecule has 0 saturated carbocycles. The van der Waals surface area contributed by atoms with Crippen molar-refractivity contribution in [2.75, 3.05) is 20.2 Å². The van der Waals surface area contributed by atoms with Crippen LogP contribution in [0.2, 0.25) is 5.02 Å². The molecule has 2 atom stereocenters. The van der Waals surface area contributed by atoms with Gasteiger partial charge in [0.25, 0.3) is 0 Å². The first kappa shape index (κ1) is 15.4. The number of methoxy groups -OCH3 is 1. The Labute approximate surface area is 134 Å². The van der Waals surface area contributed by atoms with E-state index in [1.54, 1.807) is 18.1 Å². The third-order valence-electron chi connectivity index (χ3n) is 4.18. The third kappa shape index (κ3) is 3.15. The smallest absolute Gasteiger partial charge is 0.138 e. The largest absolute Gasteiger partial charge is 0.380 e. The minimum Gasteiger partial charge on any atom is -0.380 e. The molecule has 1 aromatic heterocycles. The van der Waals surface area contributed by atoms with Crippen LogP contribution >= 0.6 is 11.6 Å². The minimum atomic E-state index is 0.246. The van der Waals surface area contributed by atoms with E-state index in [1.807, 2.05) is 18.2 Å². The fraction of sp³-hybridized carbons (Fsp3) is 0.467. The first-order chi connectivity index (χ1) is 10.7. The van der Waals surface area contributed by atoms with Crippen LogP contribution in [0, 0.1) is 0 Å². The molecule has 1 saturated heterocycles. The van der Waals surface area contributed by atoms with Gasteiger partial charge in [0.05, 0.1) is 11.8 Å². The van der Waals surface area contributed by atoms with Crippen LogP contribution in [0.25, 0.3) is 5.69 Å². The summed E-state index contributed by atoms with van der Waals surface area (Å²) < 4.78 is 7.23. The van der Waals surface area contributed by atoms with Gasteiger partial charge in [-0.25, -0.2) is 9.67 Å². The third-order valence-corrected chi connectivity index (χ3v) is 4.42. The molecule has 6 nitrogen and oxygen atoms in total. The number of rotatable bonds is 5. The zero-order valence-corrected chi connectivity index (χ0v) is 13.3. The standard InChI is InChI=1S/C15H20ClN5O/c1-22-14-5-13(6-17)20(8-14)7-11-2-3-12(16)4-15(11)21-10-18-9-19-21/h2-4,9-10,13-14H,5-8,17H2,1H3/t13-,14+/m0/s1. The number of hydrogen-bond acceptors (Lipinski definition) is 5. The van der Waals surface area contributed by atoms with Crippen LogP contribution in [0.15, 0.2) is 30.9 Å². The minimum absolute atomic E-state index is 0.246. The Morgan fingerprint density at radius 3 is 3.00 bits per heavy atom. The van der Waals surface area contributed by atoms with Gasteiger partial charge >= 0.3 is 0 Å². The number of nitrogens with zero attached hydrogens (tertiary/aromatic N) is 4. The topological polar surface area (TPSA) is 69.2 Å². The van der Waals surface area contributed by atoms with Crippen molar-refractivity contribution in [2.24, 2.45) is 5.73 Å². The fourth-order valence-corrected chi connectivity index (χ4v) is 3.15. The Morgan fingerprint density at radius 1 is 1.45 bits per heavy atom. The van der Waals surface area contributed by atoms with Crippen LogP contribution in [0.5, 0.6) is 0 Å². The molecule has 0 radical (unpaired) electrons. The Hall–Kier alpha value is -1.47. The number of ether oxygens (including phenoxy) is 1. The molecule has 2 heterocycles. The summed E-state index contributed by atoms with van der Waals surface area (Å²) in [4.78, 5) is 6.37. The highest BCUT2D eigenvalue weighted by Gasteiger charge is 2.31. The van der Waals surface area contributed by atoms with Crippen LogP contribution < -0.4 is 5.73 Å². The fourth-order valence-electron chi connectivity index (χ4n) is 2.98. The van der Waals surface area contributed by atoms with Gasteiger partial charge in [0.15, 0.2) is 0 Å². The van der Waals surface area contributed by atoms with Crippen molar-refractivity contribution in [2.45, 2.75) is 25.1 Å². The molecule has 3 rings (SSSR count). The van der Waals surface area contributed by atoms with Gasteiger partial charge in [-0.15, -0.1) is 0 Å². The molecular weight excluding hydrogens is 302 g/mol. The Balaban J connectivity index is 1.86. The van der Waals surface area contributed by atoms with E-state index in [1.165, 1.54) is 6.33 Å². The summed E-state index contributed by atoms with van der Waals surface area (Å²) in [5.74, 6) is 0. The molecule has 22 heavy (non-hydrogen) atoms. The second kappa shape index (κ2) is 6.75. The summed E-state index contributed by atoms with van der Waals surface area (Å²) in [5.41, 5.74) is 8.00. The molecule has 1 aliphatic heterocycles. The molecule has 118 valence electrons. The quantitative estimate of drug-likeness (QED) is 0.903. The molecule has 0 aliphatic carbocycles. The van der Waals surface area contributed by atoms with E-state index in [0.717, 1.165) is 30.8 Å². The van der Waals surface area contributed by atoms with Crippen LogP contribution in [0.4, 0.5) is 0 Å². The van der Waals surface area contributed by atoms with E-state index >= 15 is 0 Å². The molecule has 0 bridgehead atoms. The van der Waals surface area contributed by atoms with Gasteiger partial charge in [-0.05, 0) is 24.1 Å². The number of nitrogens with two attached hydrogens (primary N) is 1. The van der Waals surface area contributed by atoms with Crippen molar-refractivity contribution in [1.29, 1.82) is 0 Å². The van der Waals surface area contributed by atoms with Crippen LogP contribution in [-0.2, 0) is 11.3 Å². The van der Waals surface area contributed by atoms with E-state index in [4.69, 9.17) is 22.1 Å². The second-order valence-corrected chi connectivity index (χ2v) is 5.96. The van der Waals surface area contributed by atoms with Crippen molar-refractivity contribution in [3.05, 3.63) is 41.4 Å². The number of likely N-dealkylation sites (tertiary alicyclic amines) is 1. The lowest BCUT2D eigenvalue weighted by Crippen LogP contribution is -2.35. The van der Waals surface area contributed by atoms with Gasteiger partial charge in [0, 0.05) is 37.8 Å². The zero-order valence-electron chi connectivity index (χ0n) is 12.5. The van der Waals surface area contributed by atoms with Crippen molar-refractivity contribution >= 4 is 11.6 Å². The zero-order chi connectivity index (χ0) is 15.5. The van der Waals surface area contributed by atoms with Crippen molar-refractivity contribution in [3.8, 4) is 5.69 Å². The Morgan fingerprint density at radius 2 is 2.32 bits per heavy atom. The lowest BCUT2D eigenvalue weighted by molar-refractivity contribution is 0.107. The predicted molar refractivity (Wildman–Crippen MR) is 85.0 cm³/mol. The number of benzene rings is 1. The highest BCUT2D eigenvalue weighted by molar-refractivity contribution is 6.30. The van der Waals surface area contributed by atoms with E-state index in [-0.39, 0.29) is 6.10 Å². The van der Waals surface area contributed by atoms with Gasteiger partial charge in [0.1, 0.15) is 12.7 Å². The lowest BCUT2D eigenvalue weighted by Gasteiger charge is -2.24. The molecule has 0 spiro atoms. The van der Waals surface area contributed by atoms with Crippen LogP contribution in [0.3, 0.4) is 0 Å². The molecule has 7 heteroatoms. The van der Waals surface area contributed by atoms with Crippen LogP contribution in [-0.4, -0.2) is 52.0 Å². The highest BCUT2D eigenvalue weighted by Crippen LogP contribution is 2.25. The number of hydrogen-bond donors (Lipinski definition) is 1. The average Bonchev–Trinajstić information content (AvgIpc) is 3.18. The maximum absolute atomic E-state index is 6.14. The van der Waals surface area contributed by atoms with E-state index < -0.39 is 0 Å².